The number of aryl methyl sites for hydroxylation is 1. The Hall–Kier alpha value is -0.930. The predicted molar refractivity (Wildman–Crippen MR) is 83.9 cm³/mol. The Morgan fingerprint density at radius 3 is 2.50 bits per heavy atom. The fourth-order valence-electron chi connectivity index (χ4n) is 2.79. The molecule has 1 aliphatic carbocycles. The van der Waals surface area contributed by atoms with Gasteiger partial charge in [-0.1, -0.05) is 37.3 Å². The van der Waals surface area contributed by atoms with Crippen molar-refractivity contribution in [3.8, 4) is 5.75 Å². The lowest BCUT2D eigenvalue weighted by Gasteiger charge is -2.28. The van der Waals surface area contributed by atoms with Crippen molar-refractivity contribution >= 4 is 17.3 Å². The van der Waals surface area contributed by atoms with Crippen LogP contribution in [0.15, 0.2) is 12.1 Å². The highest BCUT2D eigenvalue weighted by Crippen LogP contribution is 2.33. The molecule has 0 atom stereocenters. The second-order valence-corrected chi connectivity index (χ2v) is 6.20. The van der Waals surface area contributed by atoms with Crippen molar-refractivity contribution in [3.05, 3.63) is 22.7 Å². The van der Waals surface area contributed by atoms with Crippen LogP contribution in [0.1, 0.15) is 44.1 Å². The summed E-state index contributed by atoms with van der Waals surface area (Å²) < 4.78 is 5.35. The van der Waals surface area contributed by atoms with Gasteiger partial charge in [0, 0.05) is 17.6 Å². The molecule has 0 spiro atoms. The van der Waals surface area contributed by atoms with E-state index in [0.717, 1.165) is 42.7 Å². The van der Waals surface area contributed by atoms with E-state index >= 15 is 0 Å². The molecular formula is C16H24ClNO2. The molecule has 4 heteroatoms. The van der Waals surface area contributed by atoms with Crippen molar-refractivity contribution in [1.29, 1.82) is 0 Å². The zero-order chi connectivity index (χ0) is 14.6. The minimum Gasteiger partial charge on any atom is -0.495 e. The molecule has 20 heavy (non-hydrogen) atoms. The minimum atomic E-state index is -0.602. The maximum atomic E-state index is 10.7. The molecule has 3 nitrogen and oxygen atoms in total. The second-order valence-electron chi connectivity index (χ2n) is 5.79. The maximum absolute atomic E-state index is 10.7. The maximum Gasteiger partial charge on any atom is 0.143 e. The van der Waals surface area contributed by atoms with Gasteiger partial charge in [-0.3, -0.25) is 0 Å². The van der Waals surface area contributed by atoms with Crippen LogP contribution in [0, 0.1) is 6.92 Å². The summed E-state index contributed by atoms with van der Waals surface area (Å²) in [6.07, 6.45) is 6.41. The number of halogens is 1. The summed E-state index contributed by atoms with van der Waals surface area (Å²) in [7, 11) is 1.63. The van der Waals surface area contributed by atoms with E-state index in [2.05, 4.69) is 5.32 Å². The lowest BCUT2D eigenvalue weighted by molar-refractivity contribution is 0.0381. The molecule has 1 saturated carbocycles. The molecule has 112 valence electrons. The molecule has 1 fully saturated rings. The van der Waals surface area contributed by atoms with Crippen LogP contribution in [0.4, 0.5) is 5.69 Å². The molecule has 0 saturated heterocycles. The van der Waals surface area contributed by atoms with E-state index in [-0.39, 0.29) is 0 Å². The van der Waals surface area contributed by atoms with Crippen molar-refractivity contribution in [1.82, 2.24) is 0 Å². The number of aliphatic hydroxyl groups is 1. The summed E-state index contributed by atoms with van der Waals surface area (Å²) in [5.74, 6) is 0.720. The molecular weight excluding hydrogens is 274 g/mol. The molecule has 0 aromatic heterocycles. The molecule has 0 radical (unpaired) electrons. The quantitative estimate of drug-likeness (QED) is 0.820. The lowest BCUT2D eigenvalue weighted by Crippen LogP contribution is -2.36. The first-order valence-corrected chi connectivity index (χ1v) is 7.72. The molecule has 2 N–H and O–H groups in total. The largest absolute Gasteiger partial charge is 0.495 e. The van der Waals surface area contributed by atoms with Crippen LogP contribution in [0.25, 0.3) is 0 Å². The van der Waals surface area contributed by atoms with Gasteiger partial charge < -0.3 is 15.2 Å². The van der Waals surface area contributed by atoms with Crippen LogP contribution < -0.4 is 10.1 Å². The third-order valence-electron chi connectivity index (χ3n) is 4.12. The molecule has 1 aliphatic rings. The number of nitrogens with one attached hydrogen (secondary N) is 1. The molecule has 0 unspecified atom stereocenters. The number of ether oxygens (including phenoxy) is 1. The number of anilines is 1. The van der Waals surface area contributed by atoms with Gasteiger partial charge in [-0.05, 0) is 31.4 Å². The zero-order valence-electron chi connectivity index (χ0n) is 12.3. The van der Waals surface area contributed by atoms with Crippen molar-refractivity contribution in [2.24, 2.45) is 0 Å². The fourth-order valence-corrected chi connectivity index (χ4v) is 2.95. The topological polar surface area (TPSA) is 41.5 Å². The van der Waals surface area contributed by atoms with Gasteiger partial charge in [-0.15, -0.1) is 0 Å². The van der Waals surface area contributed by atoms with Crippen LogP contribution in [0.2, 0.25) is 5.02 Å². The predicted octanol–water partition coefficient (Wildman–Crippen LogP) is 4.15. The number of hydrogen-bond acceptors (Lipinski definition) is 3. The van der Waals surface area contributed by atoms with E-state index in [1.807, 2.05) is 19.1 Å². The summed E-state index contributed by atoms with van der Waals surface area (Å²) in [6, 6.07) is 3.79. The first kappa shape index (κ1) is 15.5. The Kier molecular flexibility index (Phi) is 5.17. The van der Waals surface area contributed by atoms with Crippen molar-refractivity contribution in [3.63, 3.8) is 0 Å². The first-order chi connectivity index (χ1) is 9.54. The van der Waals surface area contributed by atoms with Crippen molar-refractivity contribution in [2.75, 3.05) is 19.0 Å². The van der Waals surface area contributed by atoms with Crippen LogP contribution in [-0.2, 0) is 0 Å². The Labute approximate surface area is 126 Å². The van der Waals surface area contributed by atoms with E-state index in [1.54, 1.807) is 7.11 Å². The minimum absolute atomic E-state index is 0.560. The molecule has 1 aromatic rings. The van der Waals surface area contributed by atoms with Crippen molar-refractivity contribution < 1.29 is 9.84 Å². The highest BCUT2D eigenvalue weighted by Gasteiger charge is 2.28. The van der Waals surface area contributed by atoms with Crippen LogP contribution in [0.5, 0.6) is 5.75 Å². The number of benzene rings is 1. The van der Waals surface area contributed by atoms with Gasteiger partial charge in [0.2, 0.25) is 0 Å². The zero-order valence-corrected chi connectivity index (χ0v) is 13.1. The molecule has 1 aromatic carbocycles. The SMILES string of the molecule is COc1cc(Cl)c(C)cc1NCC1(O)CCCCCC1. The van der Waals surface area contributed by atoms with Gasteiger partial charge in [0.25, 0.3) is 0 Å². The highest BCUT2D eigenvalue weighted by atomic mass is 35.5. The molecule has 0 bridgehead atoms. The summed E-state index contributed by atoms with van der Waals surface area (Å²) in [4.78, 5) is 0. The van der Waals surface area contributed by atoms with Gasteiger partial charge >= 0.3 is 0 Å². The normalized spacial score (nSPS) is 18.4. The Morgan fingerprint density at radius 1 is 1.25 bits per heavy atom. The van der Waals surface area contributed by atoms with E-state index in [4.69, 9.17) is 16.3 Å². The fraction of sp³-hybridized carbons (Fsp3) is 0.625. The summed E-state index contributed by atoms with van der Waals surface area (Å²) in [5, 5.41) is 14.7. The number of rotatable bonds is 4. The number of methoxy groups -OCH3 is 1. The van der Waals surface area contributed by atoms with E-state index in [9.17, 15) is 5.11 Å². The van der Waals surface area contributed by atoms with E-state index < -0.39 is 5.60 Å². The Balaban J connectivity index is 2.07. The molecule has 2 rings (SSSR count). The summed E-state index contributed by atoms with van der Waals surface area (Å²) in [6.45, 7) is 2.53. The average molecular weight is 298 g/mol. The molecule has 0 aliphatic heterocycles. The lowest BCUT2D eigenvalue weighted by atomic mass is 9.94. The van der Waals surface area contributed by atoms with E-state index in [1.165, 1.54) is 12.8 Å². The summed E-state index contributed by atoms with van der Waals surface area (Å²) >= 11 is 6.11. The third-order valence-corrected chi connectivity index (χ3v) is 4.53. The first-order valence-electron chi connectivity index (χ1n) is 7.34. The monoisotopic (exact) mass is 297 g/mol. The van der Waals surface area contributed by atoms with Crippen LogP contribution in [-0.4, -0.2) is 24.4 Å². The number of hydrogen-bond donors (Lipinski definition) is 2. The summed E-state index contributed by atoms with van der Waals surface area (Å²) in [5.41, 5.74) is 1.30. The molecule has 0 amide bonds. The van der Waals surface area contributed by atoms with Gasteiger partial charge in [0.1, 0.15) is 5.75 Å². The third kappa shape index (κ3) is 3.80. The van der Waals surface area contributed by atoms with Gasteiger partial charge in [0.05, 0.1) is 18.4 Å². The average Bonchev–Trinajstić information content (AvgIpc) is 2.65. The van der Waals surface area contributed by atoms with Gasteiger partial charge in [-0.25, -0.2) is 0 Å². The van der Waals surface area contributed by atoms with E-state index in [0.29, 0.717) is 11.6 Å². The second kappa shape index (κ2) is 6.68. The standard InChI is InChI=1S/C16H24ClNO2/c1-12-9-14(15(20-2)10-13(12)17)18-11-16(19)7-5-3-4-6-8-16/h9-10,18-19H,3-8,11H2,1-2H3. The molecule has 0 heterocycles. The van der Waals surface area contributed by atoms with Crippen LogP contribution >= 0.6 is 11.6 Å². The Morgan fingerprint density at radius 2 is 1.90 bits per heavy atom. The Bertz CT molecular complexity index is 454. The smallest absolute Gasteiger partial charge is 0.143 e. The highest BCUT2D eigenvalue weighted by molar-refractivity contribution is 6.31. The van der Waals surface area contributed by atoms with Gasteiger partial charge in [0.15, 0.2) is 0 Å². The van der Waals surface area contributed by atoms with Crippen molar-refractivity contribution in [2.45, 2.75) is 51.0 Å². The van der Waals surface area contributed by atoms with Crippen LogP contribution in [0.3, 0.4) is 0 Å². The van der Waals surface area contributed by atoms with Gasteiger partial charge in [-0.2, -0.15) is 0 Å².